The van der Waals surface area contributed by atoms with Crippen LogP contribution in [-0.4, -0.2) is 17.0 Å². The van der Waals surface area contributed by atoms with Gasteiger partial charge >= 0.3 is 6.11 Å². The van der Waals surface area contributed by atoms with Crippen molar-refractivity contribution in [1.29, 1.82) is 0 Å². The van der Waals surface area contributed by atoms with Crippen molar-refractivity contribution in [3.8, 4) is 5.75 Å². The van der Waals surface area contributed by atoms with Gasteiger partial charge in [0.2, 0.25) is 0 Å². The summed E-state index contributed by atoms with van der Waals surface area (Å²) in [6.45, 7) is 0. The third-order valence-corrected chi connectivity index (χ3v) is 2.04. The smallest absolute Gasteiger partial charge is 0.429 e. The van der Waals surface area contributed by atoms with E-state index in [-0.39, 0.29) is 5.56 Å². The summed E-state index contributed by atoms with van der Waals surface area (Å²) >= 11 is 9.71. The lowest BCUT2D eigenvalue weighted by molar-refractivity contribution is -0.199. The molecule has 0 radical (unpaired) electrons. The lowest BCUT2D eigenvalue weighted by atomic mass is 10.2. The Morgan fingerprint density at radius 1 is 1.44 bits per heavy atom. The minimum Gasteiger partial charge on any atom is -0.429 e. The molecule has 0 amide bonds. The van der Waals surface area contributed by atoms with Crippen molar-refractivity contribution in [2.75, 3.05) is 0 Å². The molecule has 0 aliphatic carbocycles. The first kappa shape index (κ1) is 13.1. The lowest BCUT2D eigenvalue weighted by Crippen LogP contribution is -2.32. The van der Waals surface area contributed by atoms with Gasteiger partial charge in [0, 0.05) is 5.56 Å². The first-order valence-electron chi connectivity index (χ1n) is 3.98. The van der Waals surface area contributed by atoms with E-state index in [1.807, 2.05) is 0 Å². The molecule has 0 spiro atoms. The van der Waals surface area contributed by atoms with Gasteiger partial charge in [0.25, 0.3) is 10.9 Å². The Morgan fingerprint density at radius 3 is 2.56 bits per heavy atom. The fourth-order valence-electron chi connectivity index (χ4n) is 0.884. The topological polar surface area (TPSA) is 26.3 Å². The molecule has 1 rings (SSSR count). The fourth-order valence-corrected chi connectivity index (χ4v) is 1.05. The first-order valence-corrected chi connectivity index (χ1v) is 4.79. The Labute approximate surface area is 98.9 Å². The fraction of sp³-hybridized carbons (Fsp3) is 0.222. The summed E-state index contributed by atoms with van der Waals surface area (Å²) < 4.78 is 41.7. The predicted octanol–water partition coefficient (Wildman–Crippen LogP) is 3.57. The van der Waals surface area contributed by atoms with Gasteiger partial charge in [-0.2, -0.15) is 8.78 Å². The quantitative estimate of drug-likeness (QED) is 0.619. The molecule has 16 heavy (non-hydrogen) atoms. The van der Waals surface area contributed by atoms with E-state index in [0.29, 0.717) is 0 Å². The maximum Gasteiger partial charge on any atom is 0.444 e. The number of carbonyl (C=O) groups is 1. The zero-order valence-electron chi connectivity index (χ0n) is 7.59. The first-order chi connectivity index (χ1) is 7.33. The number of benzene rings is 1. The van der Waals surface area contributed by atoms with E-state index >= 15 is 0 Å². The van der Waals surface area contributed by atoms with Crippen molar-refractivity contribution in [2.24, 2.45) is 0 Å². The monoisotopic (exact) mass is 272 g/mol. The van der Waals surface area contributed by atoms with Crippen LogP contribution in [0.15, 0.2) is 24.3 Å². The molecule has 0 fully saturated rings. The number of rotatable bonds is 4. The van der Waals surface area contributed by atoms with Gasteiger partial charge < -0.3 is 4.74 Å². The van der Waals surface area contributed by atoms with Gasteiger partial charge in [0.1, 0.15) is 5.75 Å². The van der Waals surface area contributed by atoms with E-state index in [0.717, 1.165) is 12.1 Å². The standard InChI is InChI=1S/C9H5Cl2F3O2/c10-7(15)5-2-1-3-6(4-5)16-9(13,14)8(11)12/h1-4,8H. The Kier molecular flexibility index (Phi) is 4.04. The highest BCUT2D eigenvalue weighted by Gasteiger charge is 2.42. The van der Waals surface area contributed by atoms with Gasteiger partial charge in [0.15, 0.2) is 0 Å². The summed E-state index contributed by atoms with van der Waals surface area (Å²) in [5, 5.41) is -0.837. The number of halogens is 5. The molecule has 0 N–H and O–H groups in total. The van der Waals surface area contributed by atoms with E-state index in [1.54, 1.807) is 0 Å². The molecular weight excluding hydrogens is 268 g/mol. The van der Waals surface area contributed by atoms with Crippen LogP contribution in [0.2, 0.25) is 0 Å². The normalized spacial score (nSPS) is 13.3. The lowest BCUT2D eigenvalue weighted by Gasteiger charge is -2.17. The minimum atomic E-state index is -4.17. The third kappa shape index (κ3) is 3.28. The van der Waals surface area contributed by atoms with Crippen LogP contribution in [0.5, 0.6) is 5.75 Å². The second-order valence-corrected chi connectivity index (χ2v) is 3.49. The van der Waals surface area contributed by atoms with Crippen LogP contribution >= 0.6 is 23.2 Å². The van der Waals surface area contributed by atoms with Crippen LogP contribution in [0.25, 0.3) is 0 Å². The van der Waals surface area contributed by atoms with Crippen LogP contribution in [0.3, 0.4) is 0 Å². The van der Waals surface area contributed by atoms with Crippen molar-refractivity contribution in [3.63, 3.8) is 0 Å². The summed E-state index contributed by atoms with van der Waals surface area (Å²) in [6, 6.07) is 4.65. The Balaban J connectivity index is 2.90. The third-order valence-electron chi connectivity index (χ3n) is 1.57. The van der Waals surface area contributed by atoms with Gasteiger partial charge in [-0.3, -0.25) is 4.79 Å². The number of hydrogen-bond donors (Lipinski definition) is 0. The number of alkyl halides is 4. The average Bonchev–Trinajstić information content (AvgIpc) is 2.17. The Hall–Kier alpha value is -0.940. The van der Waals surface area contributed by atoms with Crippen LogP contribution in [0, 0.1) is 0 Å². The van der Waals surface area contributed by atoms with E-state index in [4.69, 9.17) is 11.6 Å². The molecule has 88 valence electrons. The molecule has 2 nitrogen and oxygen atoms in total. The maximum absolute atomic E-state index is 12.7. The Bertz CT molecular complexity index is 396. The van der Waals surface area contributed by atoms with Gasteiger partial charge in [-0.05, 0) is 29.8 Å². The molecule has 0 aliphatic heterocycles. The highest BCUT2D eigenvalue weighted by atomic mass is 35.5. The van der Waals surface area contributed by atoms with E-state index < -0.39 is 22.7 Å². The largest absolute Gasteiger partial charge is 0.444 e. The maximum atomic E-state index is 12.7. The molecule has 0 saturated heterocycles. The van der Waals surface area contributed by atoms with Crippen LogP contribution < -0.4 is 4.74 Å². The van der Waals surface area contributed by atoms with Crippen LogP contribution in [0.1, 0.15) is 10.4 Å². The second kappa shape index (κ2) is 4.93. The van der Waals surface area contributed by atoms with Crippen LogP contribution in [0.4, 0.5) is 13.2 Å². The van der Waals surface area contributed by atoms with Crippen molar-refractivity contribution in [3.05, 3.63) is 29.8 Å². The van der Waals surface area contributed by atoms with Crippen LogP contribution in [-0.2, 0) is 0 Å². The molecule has 0 saturated carbocycles. The average molecular weight is 273 g/mol. The molecule has 0 aromatic heterocycles. The Morgan fingerprint density at radius 2 is 2.06 bits per heavy atom. The highest BCUT2D eigenvalue weighted by molar-refractivity contribution is 6.67. The minimum absolute atomic E-state index is 0.0417. The van der Waals surface area contributed by atoms with Crippen molar-refractivity contribution >= 4 is 28.4 Å². The SMILES string of the molecule is O=C(Cl)c1cccc(OC(F)(F)C(F)Cl)c1. The number of ether oxygens (including phenoxy) is 1. The van der Waals surface area contributed by atoms with E-state index in [2.05, 4.69) is 16.3 Å². The van der Waals surface area contributed by atoms with Crippen molar-refractivity contribution < 1.29 is 22.7 Å². The van der Waals surface area contributed by atoms with Gasteiger partial charge in [-0.15, -0.1) is 0 Å². The predicted molar refractivity (Wildman–Crippen MR) is 52.9 cm³/mol. The van der Waals surface area contributed by atoms with E-state index in [1.165, 1.54) is 12.1 Å². The molecule has 0 heterocycles. The summed E-state index contributed by atoms with van der Waals surface area (Å²) in [7, 11) is 0. The molecule has 1 aromatic carbocycles. The van der Waals surface area contributed by atoms with Crippen molar-refractivity contribution in [1.82, 2.24) is 0 Å². The summed E-state index contributed by atoms with van der Waals surface area (Å²) in [6.07, 6.45) is -4.17. The van der Waals surface area contributed by atoms with Crippen molar-refractivity contribution in [2.45, 2.75) is 11.7 Å². The molecule has 0 bridgehead atoms. The molecular formula is C9H5Cl2F3O2. The summed E-state index contributed by atoms with van der Waals surface area (Å²) in [5.74, 6) is -0.403. The molecule has 1 unspecified atom stereocenters. The van der Waals surface area contributed by atoms with Gasteiger partial charge in [0.05, 0.1) is 0 Å². The molecule has 1 atom stereocenters. The highest BCUT2D eigenvalue weighted by Crippen LogP contribution is 2.29. The molecule has 0 aliphatic rings. The molecule has 7 heteroatoms. The number of carbonyl (C=O) groups excluding carboxylic acids is 1. The zero-order chi connectivity index (χ0) is 12.3. The second-order valence-electron chi connectivity index (χ2n) is 2.77. The summed E-state index contributed by atoms with van der Waals surface area (Å²) in [5.41, 5.74) is -3.03. The van der Waals surface area contributed by atoms with E-state index in [9.17, 15) is 18.0 Å². The van der Waals surface area contributed by atoms with Gasteiger partial charge in [-0.1, -0.05) is 17.7 Å². The molecule has 1 aromatic rings. The zero-order valence-corrected chi connectivity index (χ0v) is 9.10. The number of hydrogen-bond acceptors (Lipinski definition) is 2. The summed E-state index contributed by atoms with van der Waals surface area (Å²) in [4.78, 5) is 10.7. The van der Waals surface area contributed by atoms with Gasteiger partial charge in [-0.25, -0.2) is 4.39 Å².